The Bertz CT molecular complexity index is 435. The van der Waals surface area contributed by atoms with Crippen LogP contribution in [0.2, 0.25) is 0 Å². The largest absolute Gasteiger partial charge is 0.434 e. The molecule has 0 saturated carbocycles. The third kappa shape index (κ3) is 4.98. The number of hydrogen-bond acceptors (Lipinski definition) is 3. The molecule has 1 rings (SSSR count). The van der Waals surface area contributed by atoms with Crippen LogP contribution in [0.5, 0.6) is 5.75 Å². The van der Waals surface area contributed by atoms with Crippen molar-refractivity contribution in [1.29, 1.82) is 5.26 Å². The van der Waals surface area contributed by atoms with E-state index >= 15 is 0 Å². The fourth-order valence-corrected chi connectivity index (χ4v) is 1.77. The topological polar surface area (TPSA) is 45.0 Å². The molecule has 1 aromatic rings. The summed E-state index contributed by atoms with van der Waals surface area (Å²) in [6.07, 6.45) is 0. The van der Waals surface area contributed by atoms with Crippen molar-refractivity contribution in [3.05, 3.63) is 28.2 Å². The van der Waals surface area contributed by atoms with Gasteiger partial charge in [-0.15, -0.1) is 0 Å². The van der Waals surface area contributed by atoms with Crippen LogP contribution >= 0.6 is 15.9 Å². The predicted octanol–water partition coefficient (Wildman–Crippen LogP) is 3.30. The zero-order chi connectivity index (χ0) is 13.5. The number of halogens is 3. The minimum absolute atomic E-state index is 0.128. The monoisotopic (exact) mass is 318 g/mol. The van der Waals surface area contributed by atoms with Gasteiger partial charge in [0.05, 0.1) is 12.0 Å². The molecule has 0 aromatic heterocycles. The summed E-state index contributed by atoms with van der Waals surface area (Å²) >= 11 is 3.27. The lowest BCUT2D eigenvalue weighted by molar-refractivity contribution is -0.0505. The van der Waals surface area contributed by atoms with Crippen molar-refractivity contribution in [2.75, 3.05) is 6.54 Å². The number of hydrogen-bond donors (Lipinski definition) is 1. The van der Waals surface area contributed by atoms with Gasteiger partial charge in [-0.3, -0.25) is 0 Å². The van der Waals surface area contributed by atoms with Gasteiger partial charge in [-0.1, -0.05) is 15.9 Å². The lowest BCUT2D eigenvalue weighted by Gasteiger charge is -2.12. The fraction of sp³-hybridized carbons (Fsp3) is 0.417. The van der Waals surface area contributed by atoms with Gasteiger partial charge in [-0.2, -0.15) is 14.0 Å². The standard InChI is InChI=1S/C12H13BrF2N2O/c1-8(5-16)6-17-7-9-4-10(13)2-3-11(9)18-12(14)15/h2-4,8,12,17H,6-7H2,1H3. The molecule has 1 unspecified atom stereocenters. The van der Waals surface area contributed by atoms with E-state index in [0.29, 0.717) is 18.7 Å². The van der Waals surface area contributed by atoms with Gasteiger partial charge in [0.1, 0.15) is 5.75 Å². The van der Waals surface area contributed by atoms with Crippen LogP contribution in [0.4, 0.5) is 8.78 Å². The molecule has 0 radical (unpaired) electrons. The average molecular weight is 319 g/mol. The van der Waals surface area contributed by atoms with Gasteiger partial charge in [0.2, 0.25) is 0 Å². The van der Waals surface area contributed by atoms with E-state index in [1.807, 2.05) is 0 Å². The first kappa shape index (κ1) is 14.9. The van der Waals surface area contributed by atoms with Crippen molar-refractivity contribution in [1.82, 2.24) is 5.32 Å². The van der Waals surface area contributed by atoms with Gasteiger partial charge >= 0.3 is 6.61 Å². The highest BCUT2D eigenvalue weighted by atomic mass is 79.9. The zero-order valence-electron chi connectivity index (χ0n) is 9.79. The van der Waals surface area contributed by atoms with Crippen LogP contribution in [0.15, 0.2) is 22.7 Å². The molecular weight excluding hydrogens is 306 g/mol. The van der Waals surface area contributed by atoms with Gasteiger partial charge < -0.3 is 10.1 Å². The van der Waals surface area contributed by atoms with Gasteiger partial charge in [-0.25, -0.2) is 0 Å². The van der Waals surface area contributed by atoms with Crippen LogP contribution < -0.4 is 10.1 Å². The van der Waals surface area contributed by atoms with Gasteiger partial charge in [0.25, 0.3) is 0 Å². The molecule has 1 aromatic carbocycles. The summed E-state index contributed by atoms with van der Waals surface area (Å²) in [5.74, 6) is 0.0157. The van der Waals surface area contributed by atoms with Crippen molar-refractivity contribution in [2.24, 2.45) is 5.92 Å². The minimum Gasteiger partial charge on any atom is -0.434 e. The van der Waals surface area contributed by atoms with Crippen LogP contribution in [0.3, 0.4) is 0 Å². The summed E-state index contributed by atoms with van der Waals surface area (Å²) in [5.41, 5.74) is 0.620. The van der Waals surface area contributed by atoms with Crippen molar-refractivity contribution in [3.8, 4) is 11.8 Å². The second kappa shape index (κ2) is 7.29. The highest BCUT2D eigenvalue weighted by Crippen LogP contribution is 2.24. The molecule has 0 heterocycles. The molecule has 0 aliphatic heterocycles. The Morgan fingerprint density at radius 1 is 1.50 bits per heavy atom. The number of benzene rings is 1. The summed E-state index contributed by atoms with van der Waals surface area (Å²) in [7, 11) is 0. The Kier molecular flexibility index (Phi) is 6.02. The number of nitrogens with one attached hydrogen (secondary N) is 1. The first-order valence-electron chi connectivity index (χ1n) is 5.36. The number of ether oxygens (including phenoxy) is 1. The molecule has 1 N–H and O–H groups in total. The third-order valence-electron chi connectivity index (χ3n) is 2.22. The fourth-order valence-electron chi connectivity index (χ4n) is 1.37. The normalized spacial score (nSPS) is 12.2. The molecule has 3 nitrogen and oxygen atoms in total. The average Bonchev–Trinajstić information content (AvgIpc) is 2.31. The van der Waals surface area contributed by atoms with Crippen LogP contribution in [-0.4, -0.2) is 13.2 Å². The molecular formula is C12H13BrF2N2O. The summed E-state index contributed by atoms with van der Waals surface area (Å²) in [6.45, 7) is -0.197. The van der Waals surface area contributed by atoms with E-state index < -0.39 is 6.61 Å². The number of nitrogens with zero attached hydrogens (tertiary/aromatic N) is 1. The highest BCUT2D eigenvalue weighted by Gasteiger charge is 2.10. The smallest absolute Gasteiger partial charge is 0.387 e. The molecule has 0 fully saturated rings. The van der Waals surface area contributed by atoms with Crippen molar-refractivity contribution in [2.45, 2.75) is 20.1 Å². The first-order valence-corrected chi connectivity index (χ1v) is 6.15. The van der Waals surface area contributed by atoms with Crippen LogP contribution in [0, 0.1) is 17.2 Å². The Balaban J connectivity index is 2.67. The Morgan fingerprint density at radius 2 is 2.22 bits per heavy atom. The Hall–Kier alpha value is -1.19. The molecule has 0 spiro atoms. The maximum Gasteiger partial charge on any atom is 0.387 e. The van der Waals surface area contributed by atoms with E-state index in [-0.39, 0.29) is 11.7 Å². The van der Waals surface area contributed by atoms with E-state index in [4.69, 9.17) is 5.26 Å². The van der Waals surface area contributed by atoms with Crippen LogP contribution in [0.1, 0.15) is 12.5 Å². The summed E-state index contributed by atoms with van der Waals surface area (Å²) in [4.78, 5) is 0. The van der Waals surface area contributed by atoms with E-state index in [9.17, 15) is 8.78 Å². The second-order valence-corrected chi connectivity index (χ2v) is 4.71. The quantitative estimate of drug-likeness (QED) is 0.875. The number of nitriles is 1. The minimum atomic E-state index is -2.84. The zero-order valence-corrected chi connectivity index (χ0v) is 11.4. The summed E-state index contributed by atoms with van der Waals surface area (Å²) in [6, 6.07) is 6.92. The van der Waals surface area contributed by atoms with E-state index in [1.165, 1.54) is 6.07 Å². The molecule has 6 heteroatoms. The van der Waals surface area contributed by atoms with Gasteiger partial charge in [0.15, 0.2) is 0 Å². The van der Waals surface area contributed by atoms with E-state index in [2.05, 4.69) is 32.1 Å². The van der Waals surface area contributed by atoms with Gasteiger partial charge in [0, 0.05) is 23.1 Å². The third-order valence-corrected chi connectivity index (χ3v) is 2.72. The molecule has 18 heavy (non-hydrogen) atoms. The Labute approximate surface area is 113 Å². The van der Waals surface area contributed by atoms with E-state index in [1.54, 1.807) is 19.1 Å². The highest BCUT2D eigenvalue weighted by molar-refractivity contribution is 9.10. The maximum absolute atomic E-state index is 12.2. The molecule has 98 valence electrons. The maximum atomic E-state index is 12.2. The lowest BCUT2D eigenvalue weighted by Crippen LogP contribution is -2.20. The molecule has 0 aliphatic carbocycles. The SMILES string of the molecule is CC(C#N)CNCc1cc(Br)ccc1OC(F)F. The molecule has 0 saturated heterocycles. The molecule has 0 bridgehead atoms. The summed E-state index contributed by atoms with van der Waals surface area (Å²) < 4.78 is 29.6. The Morgan fingerprint density at radius 3 is 2.83 bits per heavy atom. The molecule has 1 atom stereocenters. The number of rotatable bonds is 6. The van der Waals surface area contributed by atoms with Crippen molar-refractivity contribution >= 4 is 15.9 Å². The van der Waals surface area contributed by atoms with Crippen LogP contribution in [0.25, 0.3) is 0 Å². The van der Waals surface area contributed by atoms with Crippen molar-refractivity contribution < 1.29 is 13.5 Å². The summed E-state index contributed by atoms with van der Waals surface area (Å²) in [5, 5.41) is 11.7. The van der Waals surface area contributed by atoms with Crippen molar-refractivity contribution in [3.63, 3.8) is 0 Å². The predicted molar refractivity (Wildman–Crippen MR) is 67.3 cm³/mol. The molecule has 0 amide bonds. The molecule has 0 aliphatic rings. The van der Waals surface area contributed by atoms with Gasteiger partial charge in [-0.05, 0) is 25.1 Å². The second-order valence-electron chi connectivity index (χ2n) is 3.79. The van der Waals surface area contributed by atoms with E-state index in [0.717, 1.165) is 4.47 Å². The lowest BCUT2D eigenvalue weighted by atomic mass is 10.1. The number of alkyl halides is 2. The van der Waals surface area contributed by atoms with Crippen LogP contribution in [-0.2, 0) is 6.54 Å². The first-order chi connectivity index (χ1) is 8.52.